The number of piperidine rings is 1. The first kappa shape index (κ1) is 31.6. The molecule has 6 atom stereocenters. The number of aliphatic hydroxyl groups is 1. The first-order valence-electron chi connectivity index (χ1n) is 16.3. The van der Waals surface area contributed by atoms with Crippen LogP contribution < -0.4 is 9.47 Å². The number of rotatable bonds is 8. The van der Waals surface area contributed by atoms with E-state index in [0.29, 0.717) is 37.0 Å². The van der Waals surface area contributed by atoms with Crippen LogP contribution in [0.1, 0.15) is 48.4 Å². The Bertz CT molecular complexity index is 1700. The fraction of sp³-hybridized carbons (Fsp3) is 0.432. The number of ether oxygens (including phenoxy) is 2. The molecule has 1 saturated heterocycles. The second-order valence-electron chi connectivity index (χ2n) is 13.3. The van der Waals surface area contributed by atoms with Crippen LogP contribution in [-0.4, -0.2) is 76.2 Å². The van der Waals surface area contributed by atoms with Crippen LogP contribution in [0.2, 0.25) is 0 Å². The van der Waals surface area contributed by atoms with Crippen LogP contribution in [0.3, 0.4) is 0 Å². The summed E-state index contributed by atoms with van der Waals surface area (Å²) in [6.45, 7) is 3.62. The van der Waals surface area contributed by atoms with Gasteiger partial charge in [0.05, 0.1) is 17.1 Å². The van der Waals surface area contributed by atoms with Crippen LogP contribution >= 0.6 is 0 Å². The van der Waals surface area contributed by atoms with Crippen molar-refractivity contribution in [1.82, 2.24) is 9.80 Å². The minimum absolute atomic E-state index is 0.0291. The highest BCUT2D eigenvalue weighted by molar-refractivity contribution is 5.92. The molecule has 2 bridgehead atoms. The lowest BCUT2D eigenvalue weighted by molar-refractivity contribution is -0.274. The number of phenolic OH excluding ortho intramolecular Hbond substituents is 1. The van der Waals surface area contributed by atoms with Gasteiger partial charge in [-0.2, -0.15) is 0 Å². The Balaban J connectivity index is 1.21. The van der Waals surface area contributed by atoms with Crippen molar-refractivity contribution in [2.75, 3.05) is 20.1 Å². The number of likely N-dealkylation sites (N-methyl/N-ethyl adjacent to an activating group) is 1. The monoisotopic (exact) mass is 648 g/mol. The molecule has 2 N–H and O–H groups in total. The molecule has 2 fully saturated rings. The number of aromatic hydroxyl groups is 1. The summed E-state index contributed by atoms with van der Waals surface area (Å²) in [6, 6.07) is 18.8. The first-order chi connectivity index (χ1) is 22.5. The Morgan fingerprint density at radius 3 is 2.68 bits per heavy atom. The molecule has 1 spiro atoms. The van der Waals surface area contributed by atoms with Gasteiger partial charge in [0, 0.05) is 31.3 Å². The minimum Gasteiger partial charge on any atom is -0.504 e. The maximum absolute atomic E-state index is 13.7. The third kappa shape index (κ3) is 5.08. The van der Waals surface area contributed by atoms with E-state index in [2.05, 4.69) is 28.7 Å². The average molecular weight is 649 g/mol. The van der Waals surface area contributed by atoms with Gasteiger partial charge in [-0.3, -0.25) is 9.69 Å². The van der Waals surface area contributed by atoms with Gasteiger partial charge in [-0.25, -0.2) is 0 Å². The first-order valence-corrected chi connectivity index (χ1v) is 16.3. The zero-order valence-corrected chi connectivity index (χ0v) is 26.4. The SMILES string of the molecule is CCC1CC(N(C)C(=O)/C=C/c2cccc(OC(F)(F)F)c2)C2Oc3c(O)ccc4c3[C@@]23CCN(CCc2ccccc2)[C@H](C4)[C@]13O. The second kappa shape index (κ2) is 11.6. The summed E-state index contributed by atoms with van der Waals surface area (Å²) in [4.78, 5) is 17.7. The van der Waals surface area contributed by atoms with Crippen molar-refractivity contribution >= 4 is 12.0 Å². The molecule has 10 heteroatoms. The number of alkyl halides is 3. The molecule has 47 heavy (non-hydrogen) atoms. The lowest BCUT2D eigenvalue weighted by Gasteiger charge is -2.67. The van der Waals surface area contributed by atoms with E-state index in [1.54, 1.807) is 24.1 Å². The Labute approximate surface area is 272 Å². The Morgan fingerprint density at radius 1 is 1.15 bits per heavy atom. The molecule has 1 amide bonds. The summed E-state index contributed by atoms with van der Waals surface area (Å²) >= 11 is 0. The van der Waals surface area contributed by atoms with E-state index in [4.69, 9.17) is 4.74 Å². The van der Waals surface area contributed by atoms with E-state index in [0.717, 1.165) is 30.6 Å². The largest absolute Gasteiger partial charge is 0.573 e. The van der Waals surface area contributed by atoms with E-state index in [-0.39, 0.29) is 29.4 Å². The second-order valence-corrected chi connectivity index (χ2v) is 13.3. The van der Waals surface area contributed by atoms with Crippen molar-refractivity contribution in [3.05, 3.63) is 95.1 Å². The summed E-state index contributed by atoms with van der Waals surface area (Å²) in [6.07, 6.45) is 0.695. The number of amides is 1. The van der Waals surface area contributed by atoms with Crippen molar-refractivity contribution < 1.29 is 37.7 Å². The topological polar surface area (TPSA) is 82.5 Å². The predicted octanol–water partition coefficient (Wildman–Crippen LogP) is 5.86. The number of phenols is 1. The van der Waals surface area contributed by atoms with Crippen LogP contribution in [0.4, 0.5) is 13.2 Å². The van der Waals surface area contributed by atoms with Crippen molar-refractivity contribution in [2.24, 2.45) is 5.92 Å². The predicted molar refractivity (Wildman–Crippen MR) is 170 cm³/mol. The number of nitrogens with zero attached hydrogens (tertiary/aromatic N) is 2. The van der Waals surface area contributed by atoms with Gasteiger partial charge in [-0.05, 0) is 79.1 Å². The Kier molecular flexibility index (Phi) is 7.79. The van der Waals surface area contributed by atoms with E-state index >= 15 is 0 Å². The molecule has 0 aromatic heterocycles. The number of hydrogen-bond donors (Lipinski definition) is 2. The standard InChI is InChI=1S/C37H39F3N2O5/c1-3-26-22-28(41(2)31(44)15-12-24-10-7-11-27(20-24)47-37(38,39)40)34-35-17-19-42(18-16-23-8-5-4-6-9-23)30(36(26,35)45)21-25-13-14-29(43)33(46-34)32(25)35/h4-15,20,26,28,30,34,43,45H,3,16-19,21-22H2,1-2H3/b15-12+/t26?,28?,30-,34?,35+,36-/m1/s1. The van der Waals surface area contributed by atoms with Gasteiger partial charge in [-0.1, -0.05) is 61.9 Å². The maximum Gasteiger partial charge on any atom is 0.573 e. The van der Waals surface area contributed by atoms with Crippen LogP contribution in [0.5, 0.6) is 17.2 Å². The molecule has 7 nitrogen and oxygen atoms in total. The zero-order chi connectivity index (χ0) is 33.1. The van der Waals surface area contributed by atoms with Crippen molar-refractivity contribution in [3.63, 3.8) is 0 Å². The molecule has 0 radical (unpaired) electrons. The maximum atomic E-state index is 13.7. The number of halogens is 3. The van der Waals surface area contributed by atoms with Crippen LogP contribution in [0, 0.1) is 5.92 Å². The molecule has 2 heterocycles. The third-order valence-electron chi connectivity index (χ3n) is 11.1. The summed E-state index contributed by atoms with van der Waals surface area (Å²) in [7, 11) is 1.71. The molecule has 248 valence electrons. The van der Waals surface area contributed by atoms with Gasteiger partial charge in [0.2, 0.25) is 5.91 Å². The summed E-state index contributed by atoms with van der Waals surface area (Å²) in [5, 5.41) is 24.2. The molecular weight excluding hydrogens is 609 g/mol. The van der Waals surface area contributed by atoms with Crippen LogP contribution in [0.25, 0.3) is 6.08 Å². The Morgan fingerprint density at radius 2 is 1.94 bits per heavy atom. The molecular formula is C37H39F3N2O5. The van der Waals surface area contributed by atoms with Gasteiger partial charge in [-0.15, -0.1) is 13.2 Å². The highest BCUT2D eigenvalue weighted by atomic mass is 19.4. The number of carbonyl (C=O) groups excluding carboxylic acids is 1. The summed E-state index contributed by atoms with van der Waals surface area (Å²) < 4.78 is 48.9. The summed E-state index contributed by atoms with van der Waals surface area (Å²) in [5.74, 6) is -0.436. The van der Waals surface area contributed by atoms with Crippen LogP contribution in [-0.2, 0) is 23.1 Å². The van der Waals surface area contributed by atoms with E-state index < -0.39 is 29.5 Å². The molecule has 7 rings (SSSR count). The van der Waals surface area contributed by atoms with Gasteiger partial charge < -0.3 is 24.6 Å². The molecule has 4 aliphatic rings. The average Bonchev–Trinajstić information content (AvgIpc) is 3.40. The lowest BCUT2D eigenvalue weighted by Crippen LogP contribution is -2.81. The molecule has 3 aromatic carbocycles. The highest BCUT2D eigenvalue weighted by Gasteiger charge is 2.75. The van der Waals surface area contributed by atoms with Crippen molar-refractivity contribution in [2.45, 2.75) is 74.6 Å². The Hall–Kier alpha value is -4.02. The number of carbonyl (C=O) groups is 1. The molecule has 3 aromatic rings. The summed E-state index contributed by atoms with van der Waals surface area (Å²) in [5.41, 5.74) is 1.59. The fourth-order valence-electron chi connectivity index (χ4n) is 9.13. The molecule has 1 saturated carbocycles. The zero-order valence-electron chi connectivity index (χ0n) is 26.4. The van der Waals surface area contributed by atoms with Gasteiger partial charge in [0.15, 0.2) is 11.5 Å². The van der Waals surface area contributed by atoms with E-state index in [9.17, 15) is 28.2 Å². The quantitative estimate of drug-likeness (QED) is 0.298. The lowest BCUT2D eigenvalue weighted by atomic mass is 9.45. The van der Waals surface area contributed by atoms with Gasteiger partial charge >= 0.3 is 6.36 Å². The molecule has 2 aliphatic heterocycles. The number of likely N-dealkylation sites (tertiary alicyclic amines) is 1. The van der Waals surface area contributed by atoms with Crippen molar-refractivity contribution in [1.29, 1.82) is 0 Å². The van der Waals surface area contributed by atoms with Crippen LogP contribution in [0.15, 0.2) is 72.8 Å². The molecule has 3 unspecified atom stereocenters. The fourth-order valence-corrected chi connectivity index (χ4v) is 9.13. The smallest absolute Gasteiger partial charge is 0.504 e. The minimum atomic E-state index is -4.82. The van der Waals surface area contributed by atoms with Crippen molar-refractivity contribution in [3.8, 4) is 17.2 Å². The molecule has 2 aliphatic carbocycles. The third-order valence-corrected chi connectivity index (χ3v) is 11.1. The number of hydrogen-bond acceptors (Lipinski definition) is 6. The van der Waals surface area contributed by atoms with Gasteiger partial charge in [0.25, 0.3) is 0 Å². The van der Waals surface area contributed by atoms with E-state index in [1.165, 1.54) is 35.9 Å². The number of benzene rings is 3. The van der Waals surface area contributed by atoms with E-state index in [1.807, 2.05) is 24.3 Å². The normalized spacial score (nSPS) is 29.3. The van der Waals surface area contributed by atoms with Gasteiger partial charge in [0.1, 0.15) is 11.9 Å². The highest BCUT2D eigenvalue weighted by Crippen LogP contribution is 2.67.